The summed E-state index contributed by atoms with van der Waals surface area (Å²) in [4.78, 5) is 32.3. The van der Waals surface area contributed by atoms with E-state index in [1.165, 1.54) is 37.9 Å². The maximum absolute atomic E-state index is 6.81. The summed E-state index contributed by atoms with van der Waals surface area (Å²) < 4.78 is 26.7. The average Bonchev–Trinajstić information content (AvgIpc) is 1.57. The van der Waals surface area contributed by atoms with Gasteiger partial charge in [-0.2, -0.15) is 0 Å². The van der Waals surface area contributed by atoms with Gasteiger partial charge in [0.25, 0.3) is 0 Å². The van der Waals surface area contributed by atoms with Crippen LogP contribution in [0.3, 0.4) is 0 Å². The van der Waals surface area contributed by atoms with Crippen molar-refractivity contribution in [3.63, 3.8) is 0 Å². The number of benzene rings is 18. The highest BCUT2D eigenvalue weighted by Crippen LogP contribution is 2.46. The molecule has 0 aliphatic heterocycles. The van der Waals surface area contributed by atoms with Crippen LogP contribution in [0, 0.1) is 0 Å². The molecule has 0 bridgehead atoms. The third-order valence-electron chi connectivity index (χ3n) is 22.9. The number of para-hydroxylation sites is 2. The van der Waals surface area contributed by atoms with Crippen LogP contribution in [0.15, 0.2) is 370 Å². The average molecular weight is 1460 g/mol. The lowest BCUT2D eigenvalue weighted by Crippen LogP contribution is -2.01. The van der Waals surface area contributed by atoms with Gasteiger partial charge in [0.05, 0.1) is 0 Å². The number of aromatic nitrogens is 6. The minimum Gasteiger partial charge on any atom is -0.456 e. The molecule has 0 radical (unpaired) electrons. The smallest absolute Gasteiger partial charge is 0.164 e. The highest BCUT2D eigenvalue weighted by Gasteiger charge is 2.25. The summed E-state index contributed by atoms with van der Waals surface area (Å²) in [6, 6.07) is 123. The minimum atomic E-state index is 0.520. The van der Waals surface area contributed by atoms with Crippen molar-refractivity contribution in [2.24, 2.45) is 0 Å². The Morgan fingerprint density at radius 2 is 0.535 bits per heavy atom. The van der Waals surface area contributed by atoms with Crippen molar-refractivity contribution in [2.75, 3.05) is 0 Å². The van der Waals surface area contributed by atoms with Crippen molar-refractivity contribution in [1.29, 1.82) is 0 Å². The Kier molecular flexibility index (Phi) is 13.9. The lowest BCUT2D eigenvalue weighted by molar-refractivity contribution is 0.668. The zero-order valence-electron chi connectivity index (χ0n) is 60.8. The maximum Gasteiger partial charge on any atom is 0.164 e. The van der Waals surface area contributed by atoms with E-state index in [1.807, 2.05) is 66.7 Å². The molecule has 0 amide bonds. The lowest BCUT2D eigenvalue weighted by atomic mass is 9.93. The Hall–Kier alpha value is -15.5. The third kappa shape index (κ3) is 10.4. The summed E-state index contributed by atoms with van der Waals surface area (Å²) in [5, 5.41) is 19.3. The molecule has 24 aromatic rings. The SMILES string of the molecule is c1ccc2cc(-c3nc(-c4ccc5oc6cc(-c7ccc8cc(-c9nc(-c%10ccc%11oc%12ccccc%12c%11c%10)nc(-c%10cc(-c%11ccc(-c%12cccc%13ccccc%12%13)cc%11)cc%11oc%12ccccc%12c%10%11)n9)ccc8c7)ccc6c5c4)nc(-c4cccc5oc6cc(-c7cc8ccccc8c8ccccc78)ccc6c45)n3)ccc2c1. The maximum atomic E-state index is 6.81. The molecule has 0 saturated carbocycles. The van der Waals surface area contributed by atoms with E-state index in [1.54, 1.807) is 0 Å². The molecular weight excluding hydrogens is 1400 g/mol. The number of hydrogen-bond donors (Lipinski definition) is 0. The number of nitrogens with zero attached hydrogens (tertiary/aromatic N) is 6. The van der Waals surface area contributed by atoms with Crippen LogP contribution in [0.2, 0.25) is 0 Å². The Bertz CT molecular complexity index is 8210. The van der Waals surface area contributed by atoms with Gasteiger partial charge in [0.15, 0.2) is 34.9 Å². The van der Waals surface area contributed by atoms with Gasteiger partial charge in [-0.25, -0.2) is 29.9 Å². The summed E-state index contributed by atoms with van der Waals surface area (Å²) in [6.07, 6.45) is 0. The zero-order valence-corrected chi connectivity index (χ0v) is 60.8. The molecule has 10 heteroatoms. The molecule has 18 aromatic carbocycles. The van der Waals surface area contributed by atoms with Gasteiger partial charge in [-0.1, -0.05) is 237 Å². The van der Waals surface area contributed by atoms with Crippen molar-refractivity contribution < 1.29 is 17.7 Å². The fourth-order valence-electron chi connectivity index (χ4n) is 17.4. The fraction of sp³-hybridized carbons (Fsp3) is 0. The number of hydrogen-bond acceptors (Lipinski definition) is 10. The van der Waals surface area contributed by atoms with E-state index in [4.69, 9.17) is 47.6 Å². The molecule has 0 spiro atoms. The van der Waals surface area contributed by atoms with Crippen molar-refractivity contribution in [2.45, 2.75) is 0 Å². The molecule has 0 saturated heterocycles. The molecule has 0 N–H and O–H groups in total. The van der Waals surface area contributed by atoms with Crippen LogP contribution in [0.1, 0.15) is 0 Å². The second-order valence-corrected chi connectivity index (χ2v) is 29.6. The van der Waals surface area contributed by atoms with E-state index in [2.05, 4.69) is 285 Å². The first-order chi connectivity index (χ1) is 56.4. The van der Waals surface area contributed by atoms with Crippen LogP contribution in [-0.4, -0.2) is 29.9 Å². The second-order valence-electron chi connectivity index (χ2n) is 29.6. The van der Waals surface area contributed by atoms with E-state index in [9.17, 15) is 0 Å². The third-order valence-corrected chi connectivity index (χ3v) is 22.9. The largest absolute Gasteiger partial charge is 0.456 e. The van der Waals surface area contributed by atoms with E-state index in [0.717, 1.165) is 182 Å². The van der Waals surface area contributed by atoms with Crippen molar-refractivity contribution in [3.05, 3.63) is 352 Å². The molecule has 0 fully saturated rings. The van der Waals surface area contributed by atoms with Crippen LogP contribution >= 0.6 is 0 Å². The van der Waals surface area contributed by atoms with Crippen molar-refractivity contribution >= 4 is 142 Å². The summed E-state index contributed by atoms with van der Waals surface area (Å²) in [5.74, 6) is 3.22. The number of fused-ring (bicyclic) bond motifs is 18. The zero-order chi connectivity index (χ0) is 74.6. The summed E-state index contributed by atoms with van der Waals surface area (Å²) >= 11 is 0. The van der Waals surface area contributed by atoms with E-state index >= 15 is 0 Å². The Labute approximate surface area is 649 Å². The highest BCUT2D eigenvalue weighted by atomic mass is 16.3. The Balaban J connectivity index is 0.588. The molecule has 24 rings (SSSR count). The first kappa shape index (κ1) is 63.4. The van der Waals surface area contributed by atoms with Gasteiger partial charge >= 0.3 is 0 Å². The first-order valence-electron chi connectivity index (χ1n) is 38.2. The van der Waals surface area contributed by atoms with Crippen LogP contribution in [0.25, 0.3) is 254 Å². The lowest BCUT2D eigenvalue weighted by Gasteiger charge is -2.12. The molecular formula is C104H58N6O4. The van der Waals surface area contributed by atoms with Gasteiger partial charge in [-0.15, -0.1) is 0 Å². The highest BCUT2D eigenvalue weighted by molar-refractivity contribution is 6.18. The molecule has 0 aliphatic carbocycles. The van der Waals surface area contributed by atoms with Crippen LogP contribution in [0.5, 0.6) is 0 Å². The van der Waals surface area contributed by atoms with E-state index in [0.29, 0.717) is 34.9 Å². The monoisotopic (exact) mass is 1450 g/mol. The van der Waals surface area contributed by atoms with Gasteiger partial charge in [-0.3, -0.25) is 0 Å². The molecule has 528 valence electrons. The van der Waals surface area contributed by atoms with Crippen LogP contribution < -0.4 is 0 Å². The number of rotatable bonds is 10. The standard InChI is InChI=1S/C104H58N6O4/c1-2-17-63-50-70(39-33-59(63)15-1)99-105-101(108-103(107-99)84-27-14-30-93-97(84)83-46-42-69(57-95(83)114-93)85-52-68-18-4-6-21-77(68)78-22-7-8-23-79(78)85)73-44-48-92-87(54-73)81-45-41-67(56-94(81)112-92)65-36-37-66-51-71(40-38-64(66)49-65)100-106-102(72-43-47-91-86(53-72)80-24-9-11-28-89(80)111-91)110-104(109-100)88-55-74(58-96-98(88)82-25-10-12-29-90(82)113-96)60-31-34-62(35-32-60)76-26-13-19-61-16-3-5-20-75(61)76/h1-58H. The number of furan rings is 4. The summed E-state index contributed by atoms with van der Waals surface area (Å²) in [7, 11) is 0. The quantitative estimate of drug-likeness (QED) is 0.122. The Morgan fingerprint density at radius 1 is 0.140 bits per heavy atom. The molecule has 10 nitrogen and oxygen atoms in total. The topological polar surface area (TPSA) is 130 Å². The van der Waals surface area contributed by atoms with E-state index < -0.39 is 0 Å². The molecule has 114 heavy (non-hydrogen) atoms. The molecule has 6 heterocycles. The summed E-state index contributed by atoms with van der Waals surface area (Å²) in [5.41, 5.74) is 19.8. The van der Waals surface area contributed by atoms with E-state index in [-0.39, 0.29) is 0 Å². The predicted octanol–water partition coefficient (Wildman–Crippen LogP) is 28.1. The fourth-order valence-corrected chi connectivity index (χ4v) is 17.4. The van der Waals surface area contributed by atoms with Crippen LogP contribution in [-0.2, 0) is 0 Å². The van der Waals surface area contributed by atoms with Gasteiger partial charge in [0.1, 0.15) is 44.7 Å². The second kappa shape index (κ2) is 25.0. The van der Waals surface area contributed by atoms with Crippen LogP contribution in [0.4, 0.5) is 0 Å². The minimum absolute atomic E-state index is 0.520. The van der Waals surface area contributed by atoms with Gasteiger partial charge in [0, 0.05) is 76.5 Å². The van der Waals surface area contributed by atoms with Gasteiger partial charge in [-0.05, 0) is 214 Å². The normalized spacial score (nSPS) is 12.0. The summed E-state index contributed by atoms with van der Waals surface area (Å²) in [6.45, 7) is 0. The Morgan fingerprint density at radius 3 is 1.27 bits per heavy atom. The molecule has 0 aliphatic rings. The molecule has 0 unspecified atom stereocenters. The van der Waals surface area contributed by atoms with Gasteiger partial charge < -0.3 is 17.7 Å². The van der Waals surface area contributed by atoms with Crippen molar-refractivity contribution in [3.8, 4) is 113 Å². The first-order valence-corrected chi connectivity index (χ1v) is 38.2. The van der Waals surface area contributed by atoms with Crippen molar-refractivity contribution in [1.82, 2.24) is 29.9 Å². The molecule has 0 atom stereocenters. The predicted molar refractivity (Wildman–Crippen MR) is 464 cm³/mol. The molecule has 6 aromatic heterocycles. The van der Waals surface area contributed by atoms with Gasteiger partial charge in [0.2, 0.25) is 0 Å².